The molecular weight excluding hydrogens is 406 g/mol. The van der Waals surface area contributed by atoms with Gasteiger partial charge in [0, 0.05) is 18.8 Å². The molecule has 1 atom stereocenters. The molecule has 0 saturated carbocycles. The molecule has 162 valence electrons. The lowest BCUT2D eigenvalue weighted by Crippen LogP contribution is -2.46. The molecule has 0 N–H and O–H groups in total. The molecule has 0 aromatic heterocycles. The third-order valence-corrected chi connectivity index (χ3v) is 6.21. The Morgan fingerprint density at radius 2 is 1.68 bits per heavy atom. The van der Waals surface area contributed by atoms with Crippen LogP contribution >= 0.6 is 12.2 Å². The predicted molar refractivity (Wildman–Crippen MR) is 129 cm³/mol. The molecule has 2 aliphatic heterocycles. The second-order valence-electron chi connectivity index (χ2n) is 8.15. The summed E-state index contributed by atoms with van der Waals surface area (Å²) >= 11 is 5.99. The van der Waals surface area contributed by atoms with Crippen molar-refractivity contribution in [3.8, 4) is 0 Å². The quantitative estimate of drug-likeness (QED) is 0.429. The summed E-state index contributed by atoms with van der Waals surface area (Å²) in [5.41, 5.74) is 3.30. The molecule has 1 spiro atoms. The molecular formula is C25H29N3O2S. The van der Waals surface area contributed by atoms with E-state index in [-0.39, 0.29) is 5.97 Å². The maximum absolute atomic E-state index is 12.8. The van der Waals surface area contributed by atoms with Crippen LogP contribution in [0.5, 0.6) is 0 Å². The van der Waals surface area contributed by atoms with Crippen LogP contribution in [0.15, 0.2) is 53.5 Å². The van der Waals surface area contributed by atoms with Crippen molar-refractivity contribution < 1.29 is 9.53 Å². The zero-order chi connectivity index (χ0) is 22.0. The highest BCUT2D eigenvalue weighted by Gasteiger charge is 2.57. The predicted octanol–water partition coefficient (Wildman–Crippen LogP) is 5.42. The fourth-order valence-corrected chi connectivity index (χ4v) is 4.53. The van der Waals surface area contributed by atoms with Crippen LogP contribution in [0.2, 0.25) is 0 Å². The monoisotopic (exact) mass is 435 g/mol. The molecule has 5 nitrogen and oxygen atoms in total. The van der Waals surface area contributed by atoms with Crippen molar-refractivity contribution in [1.82, 2.24) is 4.90 Å². The van der Waals surface area contributed by atoms with Gasteiger partial charge in [0.2, 0.25) is 0 Å². The Bertz CT molecular complexity index is 1010. The Labute approximate surface area is 189 Å². The Balaban J connectivity index is 1.85. The molecule has 0 aliphatic carbocycles. The van der Waals surface area contributed by atoms with Crippen molar-refractivity contribution in [2.75, 3.05) is 18.0 Å². The Hall–Kier alpha value is -2.73. The van der Waals surface area contributed by atoms with E-state index in [9.17, 15) is 4.79 Å². The lowest BCUT2D eigenvalue weighted by Gasteiger charge is -2.33. The lowest BCUT2D eigenvalue weighted by atomic mass is 10.0. The van der Waals surface area contributed by atoms with Crippen LogP contribution in [0.1, 0.15) is 61.0 Å². The Morgan fingerprint density at radius 1 is 1.03 bits per heavy atom. The van der Waals surface area contributed by atoms with Gasteiger partial charge in [-0.1, -0.05) is 68.7 Å². The van der Waals surface area contributed by atoms with E-state index in [0.717, 1.165) is 61.4 Å². The number of nitrogens with zero attached hydrogens (tertiary/aromatic N) is 3. The lowest BCUT2D eigenvalue weighted by molar-refractivity contribution is 0.00266. The van der Waals surface area contributed by atoms with Gasteiger partial charge in [0.05, 0.1) is 11.1 Å². The SMILES string of the molecule is CCCCN(CCCC)C1=NC2(OC(=O)c3ccccc32)N(c2ccc(C)cc2)C1=S. The molecule has 6 heteroatoms. The van der Waals surface area contributed by atoms with Gasteiger partial charge in [-0.2, -0.15) is 4.99 Å². The number of ether oxygens (including phenoxy) is 1. The Kier molecular flexibility index (Phi) is 6.10. The van der Waals surface area contributed by atoms with Gasteiger partial charge < -0.3 is 9.64 Å². The first-order chi connectivity index (χ1) is 15.0. The number of unbranched alkanes of at least 4 members (excludes halogenated alkanes) is 2. The topological polar surface area (TPSA) is 45.1 Å². The van der Waals surface area contributed by atoms with Crippen LogP contribution in [0, 0.1) is 6.92 Å². The summed E-state index contributed by atoms with van der Waals surface area (Å²) in [5, 5.41) is 0. The van der Waals surface area contributed by atoms with E-state index in [1.165, 1.54) is 0 Å². The van der Waals surface area contributed by atoms with Gasteiger partial charge in [-0.05, 0) is 44.0 Å². The van der Waals surface area contributed by atoms with Gasteiger partial charge >= 0.3 is 11.8 Å². The molecule has 31 heavy (non-hydrogen) atoms. The van der Waals surface area contributed by atoms with Crippen LogP contribution in [0.25, 0.3) is 0 Å². The van der Waals surface area contributed by atoms with Crippen LogP contribution in [-0.4, -0.2) is 34.8 Å². The number of hydrogen-bond acceptors (Lipinski definition) is 5. The summed E-state index contributed by atoms with van der Waals surface area (Å²) in [6.07, 6.45) is 4.29. The molecule has 2 aromatic carbocycles. The number of anilines is 1. The highest BCUT2D eigenvalue weighted by Crippen LogP contribution is 2.46. The number of aryl methyl sites for hydroxylation is 1. The van der Waals surface area contributed by atoms with Crippen molar-refractivity contribution in [1.29, 1.82) is 0 Å². The molecule has 0 saturated heterocycles. The van der Waals surface area contributed by atoms with Crippen molar-refractivity contribution in [3.63, 3.8) is 0 Å². The van der Waals surface area contributed by atoms with E-state index in [1.54, 1.807) is 6.07 Å². The van der Waals surface area contributed by atoms with Gasteiger partial charge in [0.25, 0.3) is 0 Å². The van der Waals surface area contributed by atoms with Crippen LogP contribution < -0.4 is 4.90 Å². The van der Waals surface area contributed by atoms with E-state index in [1.807, 2.05) is 54.3 Å². The summed E-state index contributed by atoms with van der Waals surface area (Å²) in [7, 11) is 0. The normalized spacial score (nSPS) is 19.6. The van der Waals surface area contributed by atoms with Gasteiger partial charge in [-0.15, -0.1) is 0 Å². The number of benzene rings is 2. The molecule has 0 bridgehead atoms. The maximum atomic E-state index is 12.8. The molecule has 0 amide bonds. The van der Waals surface area contributed by atoms with E-state index >= 15 is 0 Å². The number of rotatable bonds is 7. The number of carbonyl (C=O) groups excluding carboxylic acids is 1. The van der Waals surface area contributed by atoms with E-state index < -0.39 is 5.85 Å². The first-order valence-electron chi connectivity index (χ1n) is 11.1. The largest absolute Gasteiger partial charge is 0.409 e. The van der Waals surface area contributed by atoms with Gasteiger partial charge in [-0.25, -0.2) is 4.79 Å². The van der Waals surface area contributed by atoms with Crippen LogP contribution in [0.4, 0.5) is 5.69 Å². The number of fused-ring (bicyclic) bond motifs is 2. The maximum Gasteiger partial charge on any atom is 0.342 e. The molecule has 2 aromatic rings. The van der Waals surface area contributed by atoms with Gasteiger partial charge in [-0.3, -0.25) is 4.90 Å². The van der Waals surface area contributed by atoms with Crippen molar-refractivity contribution in [2.45, 2.75) is 52.3 Å². The highest BCUT2D eigenvalue weighted by atomic mass is 32.1. The summed E-state index contributed by atoms with van der Waals surface area (Å²) < 4.78 is 6.02. The van der Waals surface area contributed by atoms with Gasteiger partial charge in [0.15, 0.2) is 10.8 Å². The fraction of sp³-hybridized carbons (Fsp3) is 0.400. The number of aliphatic imine (C=N–C) groups is 1. The standard InChI is InChI=1S/C25H29N3O2S/c1-4-6-16-27(17-7-5-2)22-23(31)28(19-14-12-18(3)13-15-19)25(26-22)21-11-9-8-10-20(21)24(29)30-25/h8-15H,4-7,16-17H2,1-3H3. The highest BCUT2D eigenvalue weighted by molar-refractivity contribution is 7.82. The Morgan fingerprint density at radius 3 is 2.32 bits per heavy atom. The zero-order valence-electron chi connectivity index (χ0n) is 18.4. The summed E-state index contributed by atoms with van der Waals surface area (Å²) in [4.78, 5) is 22.6. The summed E-state index contributed by atoms with van der Waals surface area (Å²) in [6, 6.07) is 15.6. The third kappa shape index (κ3) is 3.74. The van der Waals surface area contributed by atoms with Crippen molar-refractivity contribution in [3.05, 3.63) is 65.2 Å². The van der Waals surface area contributed by atoms with E-state index in [2.05, 4.69) is 18.7 Å². The number of carbonyl (C=O) groups is 1. The number of hydrogen-bond donors (Lipinski definition) is 0. The van der Waals surface area contributed by atoms with Gasteiger partial charge in [0.1, 0.15) is 0 Å². The third-order valence-electron chi connectivity index (χ3n) is 5.84. The number of thiocarbonyl (C=S) groups is 1. The zero-order valence-corrected chi connectivity index (χ0v) is 19.2. The summed E-state index contributed by atoms with van der Waals surface area (Å²) in [5.74, 6) is -0.914. The summed E-state index contributed by atoms with van der Waals surface area (Å²) in [6.45, 7) is 8.17. The molecule has 1 unspecified atom stereocenters. The van der Waals surface area contributed by atoms with Crippen molar-refractivity contribution in [2.24, 2.45) is 4.99 Å². The van der Waals surface area contributed by atoms with Crippen molar-refractivity contribution >= 4 is 34.7 Å². The molecule has 4 rings (SSSR count). The molecule has 2 heterocycles. The second kappa shape index (κ2) is 8.79. The first-order valence-corrected chi connectivity index (χ1v) is 11.5. The first kappa shape index (κ1) is 21.5. The average molecular weight is 436 g/mol. The molecule has 0 fully saturated rings. The van der Waals surface area contributed by atoms with Crippen LogP contribution in [-0.2, 0) is 10.6 Å². The molecule has 0 radical (unpaired) electrons. The minimum Gasteiger partial charge on any atom is -0.409 e. The minimum absolute atomic E-state index is 0.367. The second-order valence-corrected chi connectivity index (χ2v) is 8.54. The average Bonchev–Trinajstić information content (AvgIpc) is 3.22. The minimum atomic E-state index is -1.29. The fourth-order valence-electron chi connectivity index (χ4n) is 4.13. The smallest absolute Gasteiger partial charge is 0.342 e. The van der Waals surface area contributed by atoms with E-state index in [4.69, 9.17) is 21.9 Å². The molecule has 2 aliphatic rings. The van der Waals surface area contributed by atoms with E-state index in [0.29, 0.717) is 10.6 Å². The van der Waals surface area contributed by atoms with Crippen LogP contribution in [0.3, 0.4) is 0 Å². The number of esters is 1. The number of amidine groups is 1.